The molecule has 1 unspecified atom stereocenters. The summed E-state index contributed by atoms with van der Waals surface area (Å²) < 4.78 is 17.7. The van der Waals surface area contributed by atoms with Gasteiger partial charge in [-0.15, -0.1) is 0 Å². The van der Waals surface area contributed by atoms with E-state index in [1.54, 1.807) is 66.7 Å². The van der Waals surface area contributed by atoms with Crippen molar-refractivity contribution in [2.24, 2.45) is 4.36 Å². The van der Waals surface area contributed by atoms with Gasteiger partial charge in [-0.3, -0.25) is 19.3 Å². The van der Waals surface area contributed by atoms with Gasteiger partial charge in [-0.25, -0.2) is 9.19 Å². The van der Waals surface area contributed by atoms with Crippen molar-refractivity contribution >= 4 is 62.2 Å². The van der Waals surface area contributed by atoms with Gasteiger partial charge < -0.3 is 10.6 Å². The monoisotopic (exact) mass is 651 g/mol. The largest absolute Gasteiger partial charge is 0.321 e. The molecular weight excluding hydrogens is 621 g/mol. The zero-order chi connectivity index (χ0) is 31.9. The van der Waals surface area contributed by atoms with Gasteiger partial charge in [0.2, 0.25) is 0 Å². The maximum absolute atomic E-state index is 13.6. The average molecular weight is 653 g/mol. The normalized spacial score (nSPS) is 12.3. The molecule has 44 heavy (non-hydrogen) atoms. The smallest absolute Gasteiger partial charge is 0.268 e. The number of amides is 3. The van der Waals surface area contributed by atoms with Gasteiger partial charge in [0.1, 0.15) is 5.82 Å². The maximum Gasteiger partial charge on any atom is 0.268 e. The Labute approximate surface area is 266 Å². The molecule has 0 bridgehead atoms. The van der Waals surface area contributed by atoms with Crippen LogP contribution in [0.15, 0.2) is 94.3 Å². The molecule has 4 rings (SSSR count). The predicted octanol–water partition coefficient (Wildman–Crippen LogP) is 6.89. The lowest BCUT2D eigenvalue weighted by Gasteiger charge is -2.14. The molecule has 0 saturated carbocycles. The number of halogens is 2. The van der Waals surface area contributed by atoms with E-state index >= 15 is 0 Å². The minimum atomic E-state index is -3.05. The highest BCUT2D eigenvalue weighted by Gasteiger charge is 2.18. The van der Waals surface area contributed by atoms with E-state index in [0.29, 0.717) is 31.6 Å². The molecule has 0 aliphatic carbocycles. The Morgan fingerprint density at radius 1 is 0.909 bits per heavy atom. The second-order valence-electron chi connectivity index (χ2n) is 10.1. The molecule has 0 spiro atoms. The fourth-order valence-corrected chi connectivity index (χ4v) is 6.20. The summed E-state index contributed by atoms with van der Waals surface area (Å²) in [6, 6.07) is 21.4. The SMILES string of the molecule is CCCN(C)CC(=O)N=S(C)(=O)c1ccccc1-c1ccc(C(=O)Nc2ccc(Cl)cc2C(=O)Nc2ccc(Cl)cn2)cc1. The number of carbonyl (C=O) groups is 3. The van der Waals surface area contributed by atoms with E-state index in [-0.39, 0.29) is 23.6 Å². The molecule has 4 aromatic rings. The minimum absolute atomic E-state index is 0.0830. The van der Waals surface area contributed by atoms with Crippen LogP contribution in [0.25, 0.3) is 11.1 Å². The minimum Gasteiger partial charge on any atom is -0.321 e. The van der Waals surface area contributed by atoms with Crippen molar-refractivity contribution in [2.75, 3.05) is 37.0 Å². The maximum atomic E-state index is 13.6. The van der Waals surface area contributed by atoms with Crippen LogP contribution < -0.4 is 10.6 Å². The number of rotatable bonds is 10. The molecule has 0 saturated heterocycles. The summed E-state index contributed by atoms with van der Waals surface area (Å²) in [7, 11) is -1.23. The highest BCUT2D eigenvalue weighted by atomic mass is 35.5. The highest BCUT2D eigenvalue weighted by Crippen LogP contribution is 2.29. The van der Waals surface area contributed by atoms with E-state index in [1.807, 2.05) is 18.9 Å². The van der Waals surface area contributed by atoms with Crippen molar-refractivity contribution in [3.8, 4) is 11.1 Å². The van der Waals surface area contributed by atoms with E-state index < -0.39 is 27.5 Å². The van der Waals surface area contributed by atoms with Crippen LogP contribution in [-0.4, -0.2) is 58.2 Å². The van der Waals surface area contributed by atoms with Gasteiger partial charge in [0.15, 0.2) is 0 Å². The molecule has 0 radical (unpaired) electrons. The first-order chi connectivity index (χ1) is 21.0. The lowest BCUT2D eigenvalue weighted by atomic mass is 10.0. The van der Waals surface area contributed by atoms with E-state index in [9.17, 15) is 18.6 Å². The topological polar surface area (TPSA) is 121 Å². The number of likely N-dealkylation sites (N-methyl/N-ethyl adjacent to an activating group) is 1. The van der Waals surface area contributed by atoms with Crippen molar-refractivity contribution < 1.29 is 18.6 Å². The molecule has 0 fully saturated rings. The average Bonchev–Trinajstić information content (AvgIpc) is 2.99. The van der Waals surface area contributed by atoms with Gasteiger partial charge in [-0.2, -0.15) is 4.36 Å². The van der Waals surface area contributed by atoms with Crippen molar-refractivity contribution in [1.82, 2.24) is 9.88 Å². The zero-order valence-electron chi connectivity index (χ0n) is 24.3. The summed E-state index contributed by atoms with van der Waals surface area (Å²) in [5, 5.41) is 6.17. The lowest BCUT2D eigenvalue weighted by molar-refractivity contribution is -0.118. The Balaban J connectivity index is 1.54. The molecule has 3 aromatic carbocycles. The number of anilines is 2. The number of hydrogen-bond donors (Lipinski definition) is 2. The van der Waals surface area contributed by atoms with E-state index in [4.69, 9.17) is 23.2 Å². The third kappa shape index (κ3) is 8.51. The van der Waals surface area contributed by atoms with Crippen LogP contribution >= 0.6 is 23.2 Å². The van der Waals surface area contributed by atoms with Gasteiger partial charge in [-0.1, -0.05) is 60.5 Å². The van der Waals surface area contributed by atoms with Crippen LogP contribution in [0.4, 0.5) is 11.5 Å². The van der Waals surface area contributed by atoms with Crippen LogP contribution in [0, 0.1) is 0 Å². The van der Waals surface area contributed by atoms with E-state index in [1.165, 1.54) is 24.6 Å². The second-order valence-corrected chi connectivity index (χ2v) is 13.2. The Kier molecular flexibility index (Phi) is 10.9. The van der Waals surface area contributed by atoms with Crippen LogP contribution in [-0.2, 0) is 14.5 Å². The third-order valence-electron chi connectivity index (χ3n) is 6.48. The van der Waals surface area contributed by atoms with Gasteiger partial charge in [0.25, 0.3) is 17.7 Å². The summed E-state index contributed by atoms with van der Waals surface area (Å²) in [6.45, 7) is 2.83. The molecule has 1 aromatic heterocycles. The first-order valence-corrected chi connectivity index (χ1v) is 16.3. The molecule has 228 valence electrons. The molecule has 12 heteroatoms. The standard InChI is InChI=1S/C32H31Cl2N5O4S/c1-4-17-39(2)20-30(40)38-44(3,43)28-8-6-5-7-25(28)21-9-11-22(12-10-21)31(41)36-27-15-13-23(33)18-26(27)32(42)37-29-16-14-24(34)19-35-29/h5-16,18-19H,4,17,20H2,1-3H3,(H,36,41)(H,35,37,42). The predicted molar refractivity (Wildman–Crippen MR) is 176 cm³/mol. The van der Waals surface area contributed by atoms with Crippen molar-refractivity contribution in [2.45, 2.75) is 18.2 Å². The molecule has 0 aliphatic rings. The molecule has 2 N–H and O–H groups in total. The van der Waals surface area contributed by atoms with Crippen LogP contribution in [0.5, 0.6) is 0 Å². The Morgan fingerprint density at radius 2 is 1.61 bits per heavy atom. The summed E-state index contributed by atoms with van der Waals surface area (Å²) in [4.78, 5) is 45.1. The summed E-state index contributed by atoms with van der Waals surface area (Å²) in [5.74, 6) is -1.14. The molecule has 0 aliphatic heterocycles. The van der Waals surface area contributed by atoms with Gasteiger partial charge in [-0.05, 0) is 79.7 Å². The van der Waals surface area contributed by atoms with Gasteiger partial charge >= 0.3 is 0 Å². The van der Waals surface area contributed by atoms with Gasteiger partial charge in [0.05, 0.1) is 37.4 Å². The molecule has 1 heterocycles. The fourth-order valence-electron chi connectivity index (χ4n) is 4.44. The number of nitrogens with zero attached hydrogens (tertiary/aromatic N) is 3. The molecule has 1 atom stereocenters. The van der Waals surface area contributed by atoms with Crippen LogP contribution in [0.3, 0.4) is 0 Å². The molecular formula is C32H31Cl2N5O4S. The van der Waals surface area contributed by atoms with Crippen molar-refractivity contribution in [1.29, 1.82) is 0 Å². The quantitative estimate of drug-likeness (QED) is 0.193. The number of hydrogen-bond acceptors (Lipinski definition) is 6. The molecule has 9 nitrogen and oxygen atoms in total. The van der Waals surface area contributed by atoms with Crippen molar-refractivity contribution in [3.05, 3.63) is 106 Å². The molecule has 3 amide bonds. The Hall–Kier alpha value is -4.09. The van der Waals surface area contributed by atoms with Crippen LogP contribution in [0.1, 0.15) is 34.1 Å². The third-order valence-corrected chi connectivity index (χ3v) is 8.67. The first kappa shape index (κ1) is 32.8. The fraction of sp³-hybridized carbons (Fsp3) is 0.188. The summed E-state index contributed by atoms with van der Waals surface area (Å²) in [5.41, 5.74) is 2.05. The van der Waals surface area contributed by atoms with E-state index in [0.717, 1.165) is 13.0 Å². The Bertz CT molecular complexity index is 1800. The first-order valence-electron chi connectivity index (χ1n) is 13.6. The summed E-state index contributed by atoms with van der Waals surface area (Å²) >= 11 is 12.0. The number of carbonyl (C=O) groups excluding carboxylic acids is 3. The van der Waals surface area contributed by atoms with E-state index in [2.05, 4.69) is 20.0 Å². The number of pyridine rings is 1. The number of benzene rings is 3. The number of nitrogens with one attached hydrogen (secondary N) is 2. The zero-order valence-corrected chi connectivity index (χ0v) is 26.7. The second kappa shape index (κ2) is 14.6. The van der Waals surface area contributed by atoms with Crippen molar-refractivity contribution in [3.63, 3.8) is 0 Å². The highest BCUT2D eigenvalue weighted by molar-refractivity contribution is 7.93. The van der Waals surface area contributed by atoms with Crippen LogP contribution in [0.2, 0.25) is 10.0 Å². The number of aromatic nitrogens is 1. The Morgan fingerprint density at radius 3 is 2.30 bits per heavy atom. The lowest BCUT2D eigenvalue weighted by Crippen LogP contribution is -2.26. The van der Waals surface area contributed by atoms with Gasteiger partial charge in [0, 0.05) is 23.0 Å². The summed E-state index contributed by atoms with van der Waals surface area (Å²) in [6.07, 6.45) is 3.75.